The van der Waals surface area contributed by atoms with Gasteiger partial charge < -0.3 is 17.5 Å². The standard InChI is InChI=1S/C9H14N2O2.ClH/c1-2-3-4-10-5-6-11(8-10)7-9(12)13;/h5-6,8H,2-4,7H2,1H3;1H. The lowest BCUT2D eigenvalue weighted by atomic mass is 10.3. The van der Waals surface area contributed by atoms with Crippen molar-refractivity contribution >= 4 is 5.97 Å². The van der Waals surface area contributed by atoms with Gasteiger partial charge >= 0.3 is 5.97 Å². The number of hydrogen-bond donors (Lipinski definition) is 1. The molecule has 5 heteroatoms. The highest BCUT2D eigenvalue weighted by Crippen LogP contribution is 1.92. The van der Waals surface area contributed by atoms with Gasteiger partial charge in [-0.1, -0.05) is 13.3 Å². The van der Waals surface area contributed by atoms with Crippen molar-refractivity contribution in [1.82, 2.24) is 4.57 Å². The largest absolute Gasteiger partial charge is 1.00 e. The highest BCUT2D eigenvalue weighted by molar-refractivity contribution is 5.64. The van der Waals surface area contributed by atoms with Crippen molar-refractivity contribution in [2.24, 2.45) is 0 Å². The molecule has 1 aromatic rings. The Kier molecular flexibility index (Phi) is 5.95. The lowest BCUT2D eigenvalue weighted by Crippen LogP contribution is -3.00. The fourth-order valence-electron chi connectivity index (χ4n) is 1.16. The molecular weight excluding hydrogens is 204 g/mol. The highest BCUT2D eigenvalue weighted by Gasteiger charge is 2.06. The summed E-state index contributed by atoms with van der Waals surface area (Å²) in [6.07, 6.45) is 7.78. The summed E-state index contributed by atoms with van der Waals surface area (Å²) in [4.78, 5) is 10.4. The molecule has 0 fully saturated rings. The molecule has 0 unspecified atom stereocenters. The highest BCUT2D eigenvalue weighted by atomic mass is 35.5. The van der Waals surface area contributed by atoms with E-state index in [0.717, 1.165) is 19.4 Å². The molecule has 0 radical (unpaired) electrons. The first-order valence-corrected chi connectivity index (χ1v) is 4.49. The Morgan fingerprint density at radius 3 is 2.86 bits per heavy atom. The van der Waals surface area contributed by atoms with Crippen LogP contribution < -0.4 is 17.0 Å². The second kappa shape index (κ2) is 6.43. The van der Waals surface area contributed by atoms with Crippen LogP contribution in [0, 0.1) is 0 Å². The lowest BCUT2D eigenvalue weighted by Gasteiger charge is -1.92. The molecule has 0 aliphatic rings. The van der Waals surface area contributed by atoms with Gasteiger partial charge in [0.2, 0.25) is 6.33 Å². The normalized spacial score (nSPS) is 9.50. The van der Waals surface area contributed by atoms with Crippen LogP contribution in [0.2, 0.25) is 0 Å². The Labute approximate surface area is 89.6 Å². The van der Waals surface area contributed by atoms with E-state index < -0.39 is 5.97 Å². The van der Waals surface area contributed by atoms with Crippen LogP contribution in [0.4, 0.5) is 0 Å². The first-order valence-electron chi connectivity index (χ1n) is 4.49. The molecule has 0 saturated heterocycles. The smallest absolute Gasteiger partial charge is 0.346 e. The monoisotopic (exact) mass is 218 g/mol. The molecule has 0 bridgehead atoms. The van der Waals surface area contributed by atoms with E-state index in [2.05, 4.69) is 6.92 Å². The number of aryl methyl sites for hydroxylation is 1. The van der Waals surface area contributed by atoms with Crippen LogP contribution in [0.5, 0.6) is 0 Å². The van der Waals surface area contributed by atoms with Crippen molar-refractivity contribution in [3.05, 3.63) is 18.7 Å². The van der Waals surface area contributed by atoms with Crippen LogP contribution in [-0.4, -0.2) is 15.6 Å². The summed E-state index contributed by atoms with van der Waals surface area (Å²) in [5.41, 5.74) is 0. The fraction of sp³-hybridized carbons (Fsp3) is 0.556. The van der Waals surface area contributed by atoms with Crippen molar-refractivity contribution in [1.29, 1.82) is 0 Å². The molecule has 1 N–H and O–H groups in total. The number of hydrogen-bond acceptors (Lipinski definition) is 1. The van der Waals surface area contributed by atoms with Crippen LogP contribution in [0.1, 0.15) is 19.8 Å². The average Bonchev–Trinajstić information content (AvgIpc) is 2.48. The van der Waals surface area contributed by atoms with Crippen molar-refractivity contribution in [2.45, 2.75) is 32.9 Å². The summed E-state index contributed by atoms with van der Waals surface area (Å²) in [5.74, 6) is -0.807. The minimum absolute atomic E-state index is 0. The number of carbonyl (C=O) groups is 1. The van der Waals surface area contributed by atoms with Gasteiger partial charge in [-0.3, -0.25) is 0 Å². The number of halogens is 1. The van der Waals surface area contributed by atoms with Crippen molar-refractivity contribution in [3.63, 3.8) is 0 Å². The van der Waals surface area contributed by atoms with Crippen LogP contribution in [0.25, 0.3) is 0 Å². The molecule has 1 heterocycles. The van der Waals surface area contributed by atoms with Gasteiger partial charge in [0.15, 0.2) is 6.54 Å². The Morgan fingerprint density at radius 2 is 2.29 bits per heavy atom. The molecule has 0 aromatic carbocycles. The Hall–Kier alpha value is -1.03. The number of aliphatic carboxylic acids is 1. The Balaban J connectivity index is 0.00000169. The summed E-state index contributed by atoms with van der Waals surface area (Å²) < 4.78 is 3.67. The predicted octanol–water partition coefficient (Wildman–Crippen LogP) is -2.34. The van der Waals surface area contributed by atoms with Gasteiger partial charge in [-0.2, -0.15) is 0 Å². The van der Waals surface area contributed by atoms with Gasteiger partial charge in [0, 0.05) is 0 Å². The van der Waals surface area contributed by atoms with E-state index >= 15 is 0 Å². The van der Waals surface area contributed by atoms with Crippen molar-refractivity contribution in [2.75, 3.05) is 0 Å². The molecule has 0 aliphatic heterocycles. The Bertz CT molecular complexity index is 286. The van der Waals surface area contributed by atoms with Crippen molar-refractivity contribution in [3.8, 4) is 0 Å². The molecule has 0 saturated carbocycles. The van der Waals surface area contributed by atoms with Gasteiger partial charge in [-0.25, -0.2) is 13.9 Å². The number of nitrogens with zero attached hydrogens (tertiary/aromatic N) is 2. The van der Waals surface area contributed by atoms with E-state index in [4.69, 9.17) is 5.11 Å². The summed E-state index contributed by atoms with van der Waals surface area (Å²) in [5, 5.41) is 8.52. The van der Waals surface area contributed by atoms with Gasteiger partial charge in [-0.15, -0.1) is 0 Å². The third-order valence-electron chi connectivity index (χ3n) is 1.83. The van der Waals surface area contributed by atoms with E-state index in [1.807, 2.05) is 17.1 Å². The third kappa shape index (κ3) is 4.28. The van der Waals surface area contributed by atoms with E-state index in [1.165, 1.54) is 0 Å². The molecule has 0 atom stereocenters. The second-order valence-corrected chi connectivity index (χ2v) is 3.07. The van der Waals surface area contributed by atoms with Crippen molar-refractivity contribution < 1.29 is 26.9 Å². The van der Waals surface area contributed by atoms with E-state index in [1.54, 1.807) is 10.8 Å². The van der Waals surface area contributed by atoms with Crippen LogP contribution in [0.3, 0.4) is 0 Å². The zero-order valence-electron chi connectivity index (χ0n) is 8.19. The lowest BCUT2D eigenvalue weighted by molar-refractivity contribution is -0.685. The Morgan fingerprint density at radius 1 is 1.57 bits per heavy atom. The maximum Gasteiger partial charge on any atom is 0.346 e. The molecule has 0 amide bonds. The molecule has 0 spiro atoms. The van der Waals surface area contributed by atoms with Gasteiger partial charge in [0.05, 0.1) is 6.54 Å². The number of rotatable bonds is 5. The molecule has 1 rings (SSSR count). The topological polar surface area (TPSA) is 46.1 Å². The first kappa shape index (κ1) is 13.0. The summed E-state index contributed by atoms with van der Waals surface area (Å²) in [7, 11) is 0. The maximum atomic E-state index is 10.4. The summed E-state index contributed by atoms with van der Waals surface area (Å²) in [6.45, 7) is 3.14. The molecule has 0 aliphatic carbocycles. The minimum atomic E-state index is -0.807. The zero-order chi connectivity index (χ0) is 9.68. The fourth-order valence-corrected chi connectivity index (χ4v) is 1.16. The molecule has 4 nitrogen and oxygen atoms in total. The number of aromatic nitrogens is 2. The van der Waals surface area contributed by atoms with Crippen LogP contribution in [-0.2, 0) is 17.9 Å². The SMILES string of the molecule is CCCCn1cc[n+](CC(=O)O)c1.[Cl-]. The van der Waals surface area contributed by atoms with Crippen LogP contribution in [0.15, 0.2) is 18.7 Å². The first-order chi connectivity index (χ1) is 6.22. The number of unbranched alkanes of at least 4 members (excludes halogenated alkanes) is 1. The molecule has 80 valence electrons. The summed E-state index contributed by atoms with van der Waals surface area (Å²) >= 11 is 0. The van der Waals surface area contributed by atoms with Gasteiger partial charge in [-0.05, 0) is 6.42 Å². The molecular formula is C9H15ClN2O2. The minimum Gasteiger partial charge on any atom is -1.00 e. The quantitative estimate of drug-likeness (QED) is 0.564. The predicted molar refractivity (Wildman–Crippen MR) is 47.2 cm³/mol. The number of imidazole rings is 1. The number of carboxylic acids is 1. The van der Waals surface area contributed by atoms with Crippen LogP contribution >= 0.6 is 0 Å². The van der Waals surface area contributed by atoms with E-state index in [-0.39, 0.29) is 19.0 Å². The second-order valence-electron chi connectivity index (χ2n) is 3.07. The third-order valence-corrected chi connectivity index (χ3v) is 1.83. The molecule has 14 heavy (non-hydrogen) atoms. The van der Waals surface area contributed by atoms with E-state index in [9.17, 15) is 4.79 Å². The zero-order valence-corrected chi connectivity index (χ0v) is 8.94. The average molecular weight is 219 g/mol. The van der Waals surface area contributed by atoms with Gasteiger partial charge in [0.1, 0.15) is 12.4 Å². The number of carboxylic acid groups (broad SMARTS) is 1. The summed E-state index contributed by atoms with van der Waals surface area (Å²) in [6, 6.07) is 0. The van der Waals surface area contributed by atoms with E-state index in [0.29, 0.717) is 0 Å². The van der Waals surface area contributed by atoms with Gasteiger partial charge in [0.25, 0.3) is 0 Å². The molecule has 1 aromatic heterocycles. The maximum absolute atomic E-state index is 10.4.